The van der Waals surface area contributed by atoms with E-state index >= 15 is 0 Å². The third-order valence-corrected chi connectivity index (χ3v) is 2.79. The number of rotatable bonds is 4. The largest absolute Gasteiger partial charge is 0.354 e. The van der Waals surface area contributed by atoms with Gasteiger partial charge in [0.05, 0.1) is 12.5 Å². The maximum atomic E-state index is 8.72. The number of hydrogen-bond acceptors (Lipinski definition) is 3. The van der Waals surface area contributed by atoms with Gasteiger partial charge in [0, 0.05) is 25.0 Å². The molecule has 88 valence electrons. The second-order valence-electron chi connectivity index (χ2n) is 4.23. The molecule has 17 heavy (non-hydrogen) atoms. The first kappa shape index (κ1) is 11.5. The molecule has 2 aromatic heterocycles. The van der Waals surface area contributed by atoms with Crippen LogP contribution in [0.5, 0.6) is 0 Å². The van der Waals surface area contributed by atoms with Crippen LogP contribution >= 0.6 is 0 Å². The molecule has 0 aliphatic heterocycles. The molecule has 0 amide bonds. The lowest BCUT2D eigenvalue weighted by molar-refractivity contribution is 0.673. The summed E-state index contributed by atoms with van der Waals surface area (Å²) in [6.45, 7) is 5.01. The minimum atomic E-state index is 0.358. The van der Waals surface area contributed by atoms with E-state index in [0.717, 1.165) is 18.0 Å². The van der Waals surface area contributed by atoms with Crippen LogP contribution in [0, 0.1) is 11.3 Å². The lowest BCUT2D eigenvalue weighted by Crippen LogP contribution is -2.33. The molecule has 2 heterocycles. The predicted molar refractivity (Wildman–Crippen MR) is 67.9 cm³/mol. The number of aromatic nitrogens is 2. The van der Waals surface area contributed by atoms with E-state index in [1.807, 2.05) is 18.3 Å². The first-order valence-electron chi connectivity index (χ1n) is 5.79. The van der Waals surface area contributed by atoms with Gasteiger partial charge in [-0.05, 0) is 26.0 Å². The molecule has 0 radical (unpaired) electrons. The van der Waals surface area contributed by atoms with Crippen molar-refractivity contribution in [1.29, 1.82) is 5.26 Å². The maximum absolute atomic E-state index is 8.72. The van der Waals surface area contributed by atoms with E-state index in [4.69, 9.17) is 5.26 Å². The summed E-state index contributed by atoms with van der Waals surface area (Å²) < 4.78 is 2.05. The molecule has 0 aromatic carbocycles. The third kappa shape index (κ3) is 2.23. The second-order valence-corrected chi connectivity index (χ2v) is 4.23. The van der Waals surface area contributed by atoms with E-state index in [0.29, 0.717) is 12.5 Å². The van der Waals surface area contributed by atoms with Gasteiger partial charge in [-0.3, -0.25) is 4.40 Å². The molecule has 0 saturated heterocycles. The lowest BCUT2D eigenvalue weighted by Gasteiger charge is -2.28. The number of fused-ring (bicyclic) bond motifs is 1. The topological polar surface area (TPSA) is 44.3 Å². The van der Waals surface area contributed by atoms with Crippen LogP contribution in [0.1, 0.15) is 20.3 Å². The van der Waals surface area contributed by atoms with E-state index in [2.05, 4.69) is 40.3 Å². The first-order chi connectivity index (χ1) is 8.24. The summed E-state index contributed by atoms with van der Waals surface area (Å²) in [6, 6.07) is 8.60. The maximum Gasteiger partial charge on any atom is 0.138 e. The molecule has 4 heteroatoms. The van der Waals surface area contributed by atoms with Gasteiger partial charge in [-0.2, -0.15) is 5.26 Å². The van der Waals surface area contributed by atoms with Gasteiger partial charge in [0.1, 0.15) is 11.5 Å². The third-order valence-electron chi connectivity index (χ3n) is 2.79. The first-order valence-corrected chi connectivity index (χ1v) is 5.79. The minimum absolute atomic E-state index is 0.358. The van der Waals surface area contributed by atoms with E-state index in [1.165, 1.54) is 0 Å². The van der Waals surface area contributed by atoms with Crippen LogP contribution < -0.4 is 4.90 Å². The molecule has 0 aliphatic carbocycles. The van der Waals surface area contributed by atoms with Gasteiger partial charge in [0.2, 0.25) is 0 Å². The summed E-state index contributed by atoms with van der Waals surface area (Å²) in [5.41, 5.74) is 0.935. The number of imidazole rings is 1. The van der Waals surface area contributed by atoms with Crippen LogP contribution in [0.4, 0.5) is 5.82 Å². The van der Waals surface area contributed by atoms with Crippen molar-refractivity contribution >= 4 is 11.5 Å². The van der Waals surface area contributed by atoms with Gasteiger partial charge in [0.25, 0.3) is 0 Å². The van der Waals surface area contributed by atoms with Crippen molar-refractivity contribution in [1.82, 2.24) is 9.38 Å². The smallest absolute Gasteiger partial charge is 0.138 e. The lowest BCUT2D eigenvalue weighted by atomic mass is 10.2. The standard InChI is InChI=1S/C13H16N4/c1-11(2)16(9-4-7-14)13-6-3-5-12-15-8-10-17(12)13/h3,5-6,8,10-11H,4,9H2,1-2H3. The van der Waals surface area contributed by atoms with Gasteiger partial charge in [0.15, 0.2) is 0 Å². The van der Waals surface area contributed by atoms with Gasteiger partial charge < -0.3 is 4.90 Å². The molecule has 4 nitrogen and oxygen atoms in total. The Morgan fingerprint density at radius 3 is 3.00 bits per heavy atom. The van der Waals surface area contributed by atoms with Crippen molar-refractivity contribution in [3.63, 3.8) is 0 Å². The van der Waals surface area contributed by atoms with E-state index in [9.17, 15) is 0 Å². The highest BCUT2D eigenvalue weighted by Gasteiger charge is 2.12. The van der Waals surface area contributed by atoms with Crippen LogP contribution in [0.25, 0.3) is 5.65 Å². The fourth-order valence-corrected chi connectivity index (χ4v) is 1.97. The summed E-state index contributed by atoms with van der Waals surface area (Å²) in [4.78, 5) is 6.49. The van der Waals surface area contributed by atoms with Crippen LogP contribution in [0.3, 0.4) is 0 Å². The summed E-state index contributed by atoms with van der Waals surface area (Å²) >= 11 is 0. The molecule has 0 aliphatic rings. The Morgan fingerprint density at radius 2 is 2.29 bits per heavy atom. The normalized spacial score (nSPS) is 10.7. The molecule has 0 unspecified atom stereocenters. The fraction of sp³-hybridized carbons (Fsp3) is 0.385. The van der Waals surface area contributed by atoms with E-state index < -0.39 is 0 Å². The average Bonchev–Trinajstić information content (AvgIpc) is 2.77. The van der Waals surface area contributed by atoms with Crippen LogP contribution in [0.15, 0.2) is 30.6 Å². The van der Waals surface area contributed by atoms with Crippen molar-refractivity contribution in [3.05, 3.63) is 30.6 Å². The number of anilines is 1. The minimum Gasteiger partial charge on any atom is -0.354 e. The summed E-state index contributed by atoms with van der Waals surface area (Å²) in [7, 11) is 0. The molecule has 0 bridgehead atoms. The molecule has 2 aromatic rings. The Bertz CT molecular complexity index is 536. The molecule has 0 fully saturated rings. The second kappa shape index (κ2) is 4.88. The zero-order chi connectivity index (χ0) is 12.3. The molecule has 0 atom stereocenters. The average molecular weight is 228 g/mol. The molecular formula is C13H16N4. The summed E-state index contributed by atoms with van der Waals surface area (Å²) in [5, 5.41) is 8.72. The van der Waals surface area contributed by atoms with E-state index in [1.54, 1.807) is 6.20 Å². The SMILES string of the molecule is CC(C)N(CCC#N)c1cccc2nccn12. The molecule has 0 N–H and O–H groups in total. The van der Waals surface area contributed by atoms with Crippen molar-refractivity contribution in [2.45, 2.75) is 26.3 Å². The Balaban J connectivity index is 2.41. The Labute approximate surface area is 101 Å². The molecule has 2 rings (SSSR count). The Kier molecular flexibility index (Phi) is 3.29. The van der Waals surface area contributed by atoms with Crippen LogP contribution in [-0.2, 0) is 0 Å². The predicted octanol–water partition coefficient (Wildman–Crippen LogP) is 2.46. The molecule has 0 saturated carbocycles. The van der Waals surface area contributed by atoms with Crippen molar-refractivity contribution < 1.29 is 0 Å². The number of hydrogen-bond donors (Lipinski definition) is 0. The van der Waals surface area contributed by atoms with Gasteiger partial charge in [-0.1, -0.05) is 6.07 Å². The number of nitrogens with zero attached hydrogens (tertiary/aromatic N) is 4. The van der Waals surface area contributed by atoms with Crippen molar-refractivity contribution in [3.8, 4) is 6.07 Å². The quantitative estimate of drug-likeness (QED) is 0.807. The van der Waals surface area contributed by atoms with E-state index in [-0.39, 0.29) is 0 Å². The van der Waals surface area contributed by atoms with Crippen molar-refractivity contribution in [2.24, 2.45) is 0 Å². The van der Waals surface area contributed by atoms with Crippen LogP contribution in [-0.4, -0.2) is 22.0 Å². The molecule has 0 spiro atoms. The van der Waals surface area contributed by atoms with Gasteiger partial charge in [-0.25, -0.2) is 4.98 Å². The zero-order valence-electron chi connectivity index (χ0n) is 10.2. The summed E-state index contributed by atoms with van der Waals surface area (Å²) in [6.07, 6.45) is 4.28. The highest BCUT2D eigenvalue weighted by Crippen LogP contribution is 2.18. The fourth-order valence-electron chi connectivity index (χ4n) is 1.97. The van der Waals surface area contributed by atoms with Gasteiger partial charge >= 0.3 is 0 Å². The molecular weight excluding hydrogens is 212 g/mol. The monoisotopic (exact) mass is 228 g/mol. The Morgan fingerprint density at radius 1 is 1.47 bits per heavy atom. The van der Waals surface area contributed by atoms with Crippen molar-refractivity contribution in [2.75, 3.05) is 11.4 Å². The summed E-state index contributed by atoms with van der Waals surface area (Å²) in [5.74, 6) is 1.09. The highest BCUT2D eigenvalue weighted by atomic mass is 15.2. The number of pyridine rings is 1. The zero-order valence-corrected chi connectivity index (χ0v) is 10.2. The Hall–Kier alpha value is -2.02. The van der Waals surface area contributed by atoms with Gasteiger partial charge in [-0.15, -0.1) is 0 Å². The van der Waals surface area contributed by atoms with Crippen LogP contribution in [0.2, 0.25) is 0 Å². The number of nitriles is 1. The highest BCUT2D eigenvalue weighted by molar-refractivity contribution is 5.52.